The Morgan fingerprint density at radius 3 is 3.07 bits per heavy atom. The van der Waals surface area contributed by atoms with Gasteiger partial charge in [0.15, 0.2) is 4.77 Å². The van der Waals surface area contributed by atoms with Crippen LogP contribution < -0.4 is 0 Å². The zero-order chi connectivity index (χ0) is 10.9. The summed E-state index contributed by atoms with van der Waals surface area (Å²) in [6.45, 7) is 5.88. The fraction of sp³-hybridized carbons (Fsp3) is 0.800. The number of rotatable bonds is 2. The number of aryl methyl sites for hydroxylation is 1. The van der Waals surface area contributed by atoms with Crippen LogP contribution in [-0.2, 0) is 16.7 Å². The molecule has 2 heterocycles. The van der Waals surface area contributed by atoms with Gasteiger partial charge >= 0.3 is 0 Å². The Morgan fingerprint density at radius 2 is 2.47 bits per heavy atom. The number of nitrogens with one attached hydrogen (secondary N) is 1. The summed E-state index contributed by atoms with van der Waals surface area (Å²) in [5.74, 6) is 1.02. The smallest absolute Gasteiger partial charge is 0.195 e. The zero-order valence-electron chi connectivity index (χ0n) is 9.25. The first-order valence-electron chi connectivity index (χ1n) is 5.42. The van der Waals surface area contributed by atoms with E-state index in [0.717, 1.165) is 38.3 Å². The molecule has 0 aromatic carbocycles. The number of H-pyrrole nitrogens is 1. The molecule has 15 heavy (non-hydrogen) atoms. The van der Waals surface area contributed by atoms with E-state index in [9.17, 15) is 0 Å². The van der Waals surface area contributed by atoms with Crippen molar-refractivity contribution in [2.45, 2.75) is 38.6 Å². The molecular weight excluding hydrogens is 210 g/mol. The minimum atomic E-state index is -0.0202. The molecule has 5 heteroatoms. The van der Waals surface area contributed by atoms with E-state index in [4.69, 9.17) is 17.0 Å². The van der Waals surface area contributed by atoms with Gasteiger partial charge in [0.25, 0.3) is 0 Å². The summed E-state index contributed by atoms with van der Waals surface area (Å²) in [6, 6.07) is 0. The van der Waals surface area contributed by atoms with E-state index in [1.807, 2.05) is 0 Å². The molecule has 1 unspecified atom stereocenters. The van der Waals surface area contributed by atoms with Crippen molar-refractivity contribution >= 4 is 12.2 Å². The minimum Gasteiger partial charge on any atom is -0.379 e. The Kier molecular flexibility index (Phi) is 2.93. The minimum absolute atomic E-state index is 0.0202. The molecule has 0 saturated carbocycles. The van der Waals surface area contributed by atoms with Crippen LogP contribution in [0.5, 0.6) is 0 Å². The number of hydrogen-bond donors (Lipinski definition) is 1. The first-order valence-corrected chi connectivity index (χ1v) is 5.83. The molecule has 1 aromatic heterocycles. The lowest BCUT2D eigenvalue weighted by Gasteiger charge is -2.35. The van der Waals surface area contributed by atoms with Gasteiger partial charge in [-0.1, -0.05) is 6.92 Å². The molecule has 1 aromatic rings. The molecule has 0 radical (unpaired) electrons. The Morgan fingerprint density at radius 1 is 1.67 bits per heavy atom. The van der Waals surface area contributed by atoms with Crippen LogP contribution in [0, 0.1) is 4.77 Å². The highest BCUT2D eigenvalue weighted by molar-refractivity contribution is 7.71. The molecule has 0 amide bonds. The second-order valence-corrected chi connectivity index (χ2v) is 4.67. The molecule has 0 spiro atoms. The van der Waals surface area contributed by atoms with E-state index in [2.05, 4.69) is 28.6 Å². The molecule has 0 aliphatic carbocycles. The molecular formula is C10H17N3OS. The summed E-state index contributed by atoms with van der Waals surface area (Å²) in [5, 5.41) is 7.12. The van der Waals surface area contributed by atoms with Gasteiger partial charge in [0.2, 0.25) is 0 Å². The van der Waals surface area contributed by atoms with Crippen LogP contribution in [0.3, 0.4) is 0 Å². The lowest BCUT2D eigenvalue weighted by Crippen LogP contribution is -2.40. The van der Waals surface area contributed by atoms with Crippen LogP contribution in [0.1, 0.15) is 32.5 Å². The highest BCUT2D eigenvalue weighted by Crippen LogP contribution is 2.28. The molecule has 84 valence electrons. The molecule has 2 rings (SSSR count). The molecule has 1 atom stereocenters. The van der Waals surface area contributed by atoms with Crippen LogP contribution in [0.15, 0.2) is 0 Å². The van der Waals surface area contributed by atoms with Crippen molar-refractivity contribution < 1.29 is 4.74 Å². The second-order valence-electron chi connectivity index (χ2n) is 4.29. The summed E-state index contributed by atoms with van der Waals surface area (Å²) in [4.78, 5) is 0. The summed E-state index contributed by atoms with van der Waals surface area (Å²) in [5.41, 5.74) is -0.0202. The predicted octanol–water partition coefficient (Wildman–Crippen LogP) is 2.03. The van der Waals surface area contributed by atoms with Gasteiger partial charge < -0.3 is 4.74 Å². The van der Waals surface area contributed by atoms with Crippen molar-refractivity contribution in [3.05, 3.63) is 10.6 Å². The monoisotopic (exact) mass is 227 g/mol. The fourth-order valence-corrected chi connectivity index (χ4v) is 2.59. The number of aromatic nitrogens is 3. The maximum Gasteiger partial charge on any atom is 0.195 e. The Bertz CT molecular complexity index is 390. The lowest BCUT2D eigenvalue weighted by atomic mass is 9.94. The normalized spacial score (nSPS) is 26.8. The maximum atomic E-state index is 5.55. The average molecular weight is 227 g/mol. The van der Waals surface area contributed by atoms with Gasteiger partial charge in [0.05, 0.1) is 12.1 Å². The van der Waals surface area contributed by atoms with E-state index >= 15 is 0 Å². The molecule has 1 aliphatic heterocycles. The van der Waals surface area contributed by atoms with Gasteiger partial charge in [-0.2, -0.15) is 5.10 Å². The molecule has 1 aliphatic rings. The highest BCUT2D eigenvalue weighted by Gasteiger charge is 2.32. The van der Waals surface area contributed by atoms with Crippen molar-refractivity contribution in [3.8, 4) is 0 Å². The molecule has 0 bridgehead atoms. The standard InChI is InChI=1S/C10H17N3OS/c1-3-8-11-12-9(15)13(8)10(2)5-4-6-14-7-10/h3-7H2,1-2H3,(H,12,15). The summed E-state index contributed by atoms with van der Waals surface area (Å²) in [6.07, 6.45) is 3.09. The second kappa shape index (κ2) is 4.06. The van der Waals surface area contributed by atoms with Gasteiger partial charge in [0.1, 0.15) is 5.82 Å². The van der Waals surface area contributed by atoms with Gasteiger partial charge in [-0.25, -0.2) is 0 Å². The van der Waals surface area contributed by atoms with Crippen molar-refractivity contribution in [2.24, 2.45) is 0 Å². The summed E-state index contributed by atoms with van der Waals surface area (Å²) >= 11 is 5.28. The van der Waals surface area contributed by atoms with Crippen LogP contribution >= 0.6 is 12.2 Å². The third-order valence-corrected chi connectivity index (χ3v) is 3.29. The van der Waals surface area contributed by atoms with E-state index < -0.39 is 0 Å². The van der Waals surface area contributed by atoms with Gasteiger partial charge in [-0.3, -0.25) is 9.67 Å². The zero-order valence-corrected chi connectivity index (χ0v) is 10.1. The molecule has 1 fully saturated rings. The first kappa shape index (κ1) is 10.8. The van der Waals surface area contributed by atoms with Crippen molar-refractivity contribution in [1.29, 1.82) is 0 Å². The maximum absolute atomic E-state index is 5.55. The summed E-state index contributed by atoms with van der Waals surface area (Å²) in [7, 11) is 0. The van der Waals surface area contributed by atoms with E-state index in [-0.39, 0.29) is 5.54 Å². The van der Waals surface area contributed by atoms with Gasteiger partial charge in [-0.05, 0) is 32.0 Å². The van der Waals surface area contributed by atoms with E-state index in [1.54, 1.807) is 0 Å². The Balaban J connectivity index is 2.42. The van der Waals surface area contributed by atoms with Crippen molar-refractivity contribution in [3.63, 3.8) is 0 Å². The van der Waals surface area contributed by atoms with Crippen LogP contribution in [0.2, 0.25) is 0 Å². The van der Waals surface area contributed by atoms with E-state index in [0.29, 0.717) is 4.77 Å². The quantitative estimate of drug-likeness (QED) is 0.786. The third kappa shape index (κ3) is 1.86. The average Bonchev–Trinajstić information content (AvgIpc) is 2.61. The van der Waals surface area contributed by atoms with Crippen molar-refractivity contribution in [1.82, 2.24) is 14.8 Å². The van der Waals surface area contributed by atoms with Crippen LogP contribution in [0.4, 0.5) is 0 Å². The number of aromatic amines is 1. The van der Waals surface area contributed by atoms with Crippen molar-refractivity contribution in [2.75, 3.05) is 13.2 Å². The highest BCUT2D eigenvalue weighted by atomic mass is 32.1. The van der Waals surface area contributed by atoms with Gasteiger partial charge in [-0.15, -0.1) is 0 Å². The molecule has 1 N–H and O–H groups in total. The first-order chi connectivity index (χ1) is 7.17. The number of hydrogen-bond acceptors (Lipinski definition) is 3. The molecule has 4 nitrogen and oxygen atoms in total. The van der Waals surface area contributed by atoms with E-state index in [1.165, 1.54) is 0 Å². The number of ether oxygens (including phenoxy) is 1. The van der Waals surface area contributed by atoms with Crippen LogP contribution in [-0.4, -0.2) is 28.0 Å². The third-order valence-electron chi connectivity index (χ3n) is 3.01. The SMILES string of the molecule is CCc1n[nH]c(=S)n1C1(C)CCCOC1. The largest absolute Gasteiger partial charge is 0.379 e. The Labute approximate surface area is 94.6 Å². The van der Waals surface area contributed by atoms with Crippen LogP contribution in [0.25, 0.3) is 0 Å². The Hall–Kier alpha value is -0.680. The lowest BCUT2D eigenvalue weighted by molar-refractivity contribution is 0.00747. The predicted molar refractivity (Wildman–Crippen MR) is 60.5 cm³/mol. The summed E-state index contributed by atoms with van der Waals surface area (Å²) < 4.78 is 8.39. The topological polar surface area (TPSA) is 42.8 Å². The number of nitrogens with zero attached hydrogens (tertiary/aromatic N) is 2. The van der Waals surface area contributed by atoms with Gasteiger partial charge in [0, 0.05) is 13.0 Å². The fourth-order valence-electron chi connectivity index (χ4n) is 2.22. The molecule has 1 saturated heterocycles.